The van der Waals surface area contributed by atoms with Crippen LogP contribution < -0.4 is 4.72 Å². The lowest BCUT2D eigenvalue weighted by atomic mass is 9.88. The van der Waals surface area contributed by atoms with Crippen LogP contribution in [0.1, 0.15) is 18.4 Å². The molecule has 6 nitrogen and oxygen atoms in total. The van der Waals surface area contributed by atoms with E-state index in [9.17, 15) is 13.2 Å². The topological polar surface area (TPSA) is 69.7 Å². The Hall–Kier alpha value is -2.38. The average molecular weight is 414 g/mol. The van der Waals surface area contributed by atoms with Gasteiger partial charge in [-0.05, 0) is 36.0 Å². The summed E-state index contributed by atoms with van der Waals surface area (Å²) in [5, 5.41) is 0. The van der Waals surface area contributed by atoms with Crippen LogP contribution in [0.3, 0.4) is 0 Å². The fraction of sp³-hybridized carbons (Fsp3) is 0.409. The Balaban J connectivity index is 1.65. The van der Waals surface area contributed by atoms with E-state index in [0.717, 1.165) is 29.5 Å². The zero-order chi connectivity index (χ0) is 20.6. The number of rotatable bonds is 5. The van der Waals surface area contributed by atoms with E-state index in [1.54, 1.807) is 4.90 Å². The molecule has 2 aliphatic rings. The number of urea groups is 1. The molecule has 154 valence electrons. The first-order chi connectivity index (χ1) is 13.8. The van der Waals surface area contributed by atoms with Gasteiger partial charge in [0.2, 0.25) is 10.0 Å². The van der Waals surface area contributed by atoms with Gasteiger partial charge < -0.3 is 9.80 Å². The minimum absolute atomic E-state index is 0.0146. The fourth-order valence-electron chi connectivity index (χ4n) is 4.64. The fourth-order valence-corrected chi connectivity index (χ4v) is 5.46. The molecule has 29 heavy (non-hydrogen) atoms. The summed E-state index contributed by atoms with van der Waals surface area (Å²) in [4.78, 5) is 16.5. The first-order valence-electron chi connectivity index (χ1n) is 9.97. The van der Waals surface area contributed by atoms with Crippen molar-refractivity contribution >= 4 is 16.1 Å². The lowest BCUT2D eigenvalue weighted by Gasteiger charge is -2.42. The van der Waals surface area contributed by atoms with Crippen molar-refractivity contribution in [1.29, 1.82) is 0 Å². The molecule has 2 heterocycles. The summed E-state index contributed by atoms with van der Waals surface area (Å²) < 4.78 is 26.7. The first kappa shape index (κ1) is 19.9. The van der Waals surface area contributed by atoms with Crippen LogP contribution in [0, 0.1) is 0 Å². The molecule has 0 spiro atoms. The number of sulfonamides is 1. The van der Waals surface area contributed by atoms with Gasteiger partial charge in [-0.15, -0.1) is 0 Å². The molecule has 2 aromatic carbocycles. The summed E-state index contributed by atoms with van der Waals surface area (Å²) in [5.74, 6) is 0. The Bertz CT molecular complexity index is 993. The van der Waals surface area contributed by atoms with E-state index < -0.39 is 10.0 Å². The number of nitrogens with one attached hydrogen (secondary N) is 1. The van der Waals surface area contributed by atoms with Gasteiger partial charge >= 0.3 is 6.03 Å². The molecule has 2 aliphatic heterocycles. The van der Waals surface area contributed by atoms with Crippen molar-refractivity contribution in [3.63, 3.8) is 0 Å². The zero-order valence-corrected chi connectivity index (χ0v) is 17.6. The maximum Gasteiger partial charge on any atom is 0.320 e. The van der Waals surface area contributed by atoms with Crippen LogP contribution >= 0.6 is 0 Å². The Labute approximate surface area is 172 Å². The van der Waals surface area contributed by atoms with Gasteiger partial charge in [-0.25, -0.2) is 17.9 Å². The normalized spacial score (nSPS) is 24.6. The zero-order valence-electron chi connectivity index (χ0n) is 16.8. The number of carbonyl (C=O) groups is 1. The van der Waals surface area contributed by atoms with Gasteiger partial charge in [-0.1, -0.05) is 54.6 Å². The van der Waals surface area contributed by atoms with Crippen LogP contribution in [-0.2, 0) is 16.4 Å². The highest BCUT2D eigenvalue weighted by molar-refractivity contribution is 7.88. The molecular weight excluding hydrogens is 386 g/mol. The minimum Gasteiger partial charge on any atom is -0.326 e. The molecule has 3 unspecified atom stereocenters. The first-order valence-corrected chi connectivity index (χ1v) is 11.9. The van der Waals surface area contributed by atoms with Gasteiger partial charge in [0.25, 0.3) is 0 Å². The van der Waals surface area contributed by atoms with Gasteiger partial charge in [0.05, 0.1) is 18.3 Å². The van der Waals surface area contributed by atoms with Gasteiger partial charge in [0.15, 0.2) is 0 Å². The van der Waals surface area contributed by atoms with E-state index >= 15 is 0 Å². The van der Waals surface area contributed by atoms with Crippen molar-refractivity contribution in [2.24, 2.45) is 0 Å². The van der Waals surface area contributed by atoms with Gasteiger partial charge in [-0.3, -0.25) is 0 Å². The number of amides is 2. The predicted molar refractivity (Wildman–Crippen MR) is 114 cm³/mol. The molecule has 2 aromatic rings. The van der Waals surface area contributed by atoms with E-state index in [-0.39, 0.29) is 24.2 Å². The lowest BCUT2D eigenvalue weighted by Crippen LogP contribution is -2.59. The lowest BCUT2D eigenvalue weighted by molar-refractivity contribution is 0.119. The SMILES string of the molecule is CN1CC2CCC(NS(C)(=O)=O)C(Cc3cccc(-c4ccccc4)c3)N2C1=O. The van der Waals surface area contributed by atoms with E-state index in [4.69, 9.17) is 0 Å². The molecule has 0 aromatic heterocycles. The van der Waals surface area contributed by atoms with Gasteiger partial charge in [-0.2, -0.15) is 0 Å². The largest absolute Gasteiger partial charge is 0.326 e. The molecule has 7 heteroatoms. The summed E-state index contributed by atoms with van der Waals surface area (Å²) in [6.07, 6.45) is 3.34. The second-order valence-corrected chi connectivity index (χ2v) is 9.92. The number of hydrogen-bond acceptors (Lipinski definition) is 3. The molecular formula is C22H27N3O3S. The standard InChI is InChI=1S/C22H27N3O3S/c1-24-15-19-11-12-20(23-29(2,27)28)21(25(19)22(24)26)14-16-7-6-10-18(13-16)17-8-4-3-5-9-17/h3-10,13,19-21,23H,11-12,14-15H2,1-2H3. The van der Waals surface area contributed by atoms with Crippen LogP contribution in [0.2, 0.25) is 0 Å². The van der Waals surface area contributed by atoms with Crippen molar-refractivity contribution in [1.82, 2.24) is 14.5 Å². The number of fused-ring (bicyclic) bond motifs is 1. The predicted octanol–water partition coefficient (Wildman–Crippen LogP) is 2.71. The second kappa shape index (κ2) is 7.80. The highest BCUT2D eigenvalue weighted by atomic mass is 32.2. The molecule has 0 bridgehead atoms. The number of piperidine rings is 1. The second-order valence-electron chi connectivity index (χ2n) is 8.14. The number of likely N-dealkylation sites (N-methyl/N-ethyl adjacent to an activating group) is 1. The Kier molecular flexibility index (Phi) is 5.36. The van der Waals surface area contributed by atoms with Crippen molar-refractivity contribution in [3.05, 3.63) is 60.2 Å². The Morgan fingerprint density at radius 2 is 1.76 bits per heavy atom. The van der Waals surface area contributed by atoms with E-state index in [1.165, 1.54) is 6.26 Å². The molecule has 4 rings (SSSR count). The minimum atomic E-state index is -3.36. The van der Waals surface area contributed by atoms with Crippen molar-refractivity contribution in [3.8, 4) is 11.1 Å². The summed E-state index contributed by atoms with van der Waals surface area (Å²) in [7, 11) is -1.55. The number of nitrogens with zero attached hydrogens (tertiary/aromatic N) is 2. The molecule has 3 atom stereocenters. The highest BCUT2D eigenvalue weighted by Gasteiger charge is 2.46. The van der Waals surface area contributed by atoms with Crippen molar-refractivity contribution in [2.45, 2.75) is 37.4 Å². The van der Waals surface area contributed by atoms with Crippen LogP contribution in [0.15, 0.2) is 54.6 Å². The third kappa shape index (κ3) is 4.31. The highest BCUT2D eigenvalue weighted by Crippen LogP contribution is 2.32. The third-order valence-corrected chi connectivity index (χ3v) is 6.63. The molecule has 2 fully saturated rings. The summed E-state index contributed by atoms with van der Waals surface area (Å²) in [6, 6.07) is 18.1. The maximum atomic E-state index is 12.8. The van der Waals surface area contributed by atoms with Crippen LogP contribution in [0.25, 0.3) is 11.1 Å². The molecule has 1 N–H and O–H groups in total. The molecule has 0 radical (unpaired) electrons. The van der Waals surface area contributed by atoms with E-state index in [0.29, 0.717) is 13.0 Å². The average Bonchev–Trinajstić information content (AvgIpc) is 2.98. The van der Waals surface area contributed by atoms with Crippen LogP contribution in [0.4, 0.5) is 4.79 Å². The molecule has 2 saturated heterocycles. The Morgan fingerprint density at radius 1 is 1.03 bits per heavy atom. The van der Waals surface area contributed by atoms with Crippen LogP contribution in [0.5, 0.6) is 0 Å². The van der Waals surface area contributed by atoms with Crippen molar-refractivity contribution in [2.75, 3.05) is 19.8 Å². The van der Waals surface area contributed by atoms with Crippen molar-refractivity contribution < 1.29 is 13.2 Å². The molecule has 2 amide bonds. The smallest absolute Gasteiger partial charge is 0.320 e. The summed E-state index contributed by atoms with van der Waals surface area (Å²) in [5.41, 5.74) is 3.35. The number of carbonyl (C=O) groups excluding carboxylic acids is 1. The van der Waals surface area contributed by atoms with E-state index in [2.05, 4.69) is 35.1 Å². The summed E-state index contributed by atoms with van der Waals surface area (Å²) >= 11 is 0. The Morgan fingerprint density at radius 3 is 2.48 bits per heavy atom. The van der Waals surface area contributed by atoms with Crippen LogP contribution in [-0.4, -0.2) is 62.2 Å². The molecule has 0 saturated carbocycles. The van der Waals surface area contributed by atoms with Gasteiger partial charge in [0.1, 0.15) is 0 Å². The van der Waals surface area contributed by atoms with E-state index in [1.807, 2.05) is 36.2 Å². The number of benzene rings is 2. The number of hydrogen-bond donors (Lipinski definition) is 1. The maximum absolute atomic E-state index is 12.8. The quantitative estimate of drug-likeness (QED) is 0.819. The monoisotopic (exact) mass is 413 g/mol. The third-order valence-electron chi connectivity index (χ3n) is 5.90. The van der Waals surface area contributed by atoms with Gasteiger partial charge in [0, 0.05) is 19.6 Å². The molecule has 0 aliphatic carbocycles. The summed E-state index contributed by atoms with van der Waals surface area (Å²) in [6.45, 7) is 0.699.